The minimum absolute atomic E-state index is 0.202. The largest absolute Gasteiger partial charge is 0.320 e. The number of fused-ring (bicyclic) bond motifs is 1. The summed E-state index contributed by atoms with van der Waals surface area (Å²) in [5, 5.41) is 10.7. The summed E-state index contributed by atoms with van der Waals surface area (Å²) in [6, 6.07) is 15.2. The highest BCUT2D eigenvalue weighted by atomic mass is 16.1. The van der Waals surface area contributed by atoms with Crippen molar-refractivity contribution in [3.8, 4) is 0 Å². The first-order chi connectivity index (χ1) is 9.25. The van der Waals surface area contributed by atoms with Gasteiger partial charge in [0.15, 0.2) is 5.69 Å². The lowest BCUT2D eigenvalue weighted by Gasteiger charge is -2.06. The van der Waals surface area contributed by atoms with Gasteiger partial charge in [0.2, 0.25) is 0 Å². The van der Waals surface area contributed by atoms with Crippen LogP contribution in [-0.4, -0.2) is 16.1 Å². The zero-order valence-electron chi connectivity index (χ0n) is 10.5. The van der Waals surface area contributed by atoms with Crippen molar-refractivity contribution < 1.29 is 4.79 Å². The highest BCUT2D eigenvalue weighted by Crippen LogP contribution is 2.18. The summed E-state index contributed by atoms with van der Waals surface area (Å²) in [6.45, 7) is 1.96. The van der Waals surface area contributed by atoms with E-state index in [1.165, 1.54) is 0 Å². The van der Waals surface area contributed by atoms with Crippen LogP contribution in [0.3, 0.4) is 0 Å². The first-order valence-electron chi connectivity index (χ1n) is 6.06. The smallest absolute Gasteiger partial charge is 0.276 e. The summed E-state index contributed by atoms with van der Waals surface area (Å²) in [5.41, 5.74) is 3.10. The molecule has 3 rings (SSSR count). The third-order valence-corrected chi connectivity index (χ3v) is 3.08. The summed E-state index contributed by atoms with van der Waals surface area (Å²) in [7, 11) is 0. The van der Waals surface area contributed by atoms with Crippen LogP contribution in [-0.2, 0) is 0 Å². The van der Waals surface area contributed by atoms with E-state index < -0.39 is 0 Å². The van der Waals surface area contributed by atoms with Gasteiger partial charge in [0.05, 0.1) is 5.52 Å². The van der Waals surface area contributed by atoms with Crippen molar-refractivity contribution in [1.82, 2.24) is 10.2 Å². The first-order valence-corrected chi connectivity index (χ1v) is 6.06. The molecule has 0 aliphatic carbocycles. The van der Waals surface area contributed by atoms with Crippen molar-refractivity contribution in [1.29, 1.82) is 0 Å². The number of carbonyl (C=O) groups excluding carboxylic acids is 1. The molecule has 1 heterocycles. The summed E-state index contributed by atoms with van der Waals surface area (Å²) in [6.07, 6.45) is 0. The maximum atomic E-state index is 12.2. The van der Waals surface area contributed by atoms with Crippen molar-refractivity contribution >= 4 is 22.5 Å². The number of para-hydroxylation sites is 2. The van der Waals surface area contributed by atoms with E-state index in [1.807, 2.05) is 55.5 Å². The van der Waals surface area contributed by atoms with E-state index in [9.17, 15) is 4.79 Å². The van der Waals surface area contributed by atoms with Gasteiger partial charge < -0.3 is 5.32 Å². The second-order valence-corrected chi connectivity index (χ2v) is 4.39. The Balaban J connectivity index is 1.95. The standard InChI is InChI=1S/C15H13N3O/c1-10-6-2-4-8-12(10)16-15(19)14-11-7-3-5-9-13(11)17-18-14/h2-9H,1H3,(H,16,19)(H,17,18). The third kappa shape index (κ3) is 2.08. The molecule has 0 unspecified atom stereocenters. The van der Waals surface area contributed by atoms with Gasteiger partial charge >= 0.3 is 0 Å². The second kappa shape index (κ2) is 4.57. The Morgan fingerprint density at radius 3 is 2.68 bits per heavy atom. The van der Waals surface area contributed by atoms with Crippen molar-refractivity contribution in [2.75, 3.05) is 5.32 Å². The molecule has 3 aromatic rings. The summed E-state index contributed by atoms with van der Waals surface area (Å²) in [5.74, 6) is -0.202. The Morgan fingerprint density at radius 2 is 1.84 bits per heavy atom. The molecule has 19 heavy (non-hydrogen) atoms. The van der Waals surface area contributed by atoms with Crippen molar-refractivity contribution in [3.05, 3.63) is 59.8 Å². The van der Waals surface area contributed by atoms with E-state index in [1.54, 1.807) is 0 Å². The topological polar surface area (TPSA) is 57.8 Å². The number of benzene rings is 2. The number of nitrogens with zero attached hydrogens (tertiary/aromatic N) is 1. The minimum atomic E-state index is -0.202. The van der Waals surface area contributed by atoms with Crippen molar-refractivity contribution in [2.45, 2.75) is 6.92 Å². The van der Waals surface area contributed by atoms with Gasteiger partial charge in [-0.1, -0.05) is 36.4 Å². The number of H-pyrrole nitrogens is 1. The average Bonchev–Trinajstić information content (AvgIpc) is 2.85. The number of rotatable bonds is 2. The number of carbonyl (C=O) groups is 1. The Bertz CT molecular complexity index is 746. The maximum absolute atomic E-state index is 12.2. The zero-order chi connectivity index (χ0) is 13.2. The molecule has 94 valence electrons. The van der Waals surface area contributed by atoms with Gasteiger partial charge in [-0.25, -0.2) is 0 Å². The molecule has 0 atom stereocenters. The van der Waals surface area contributed by atoms with Crippen LogP contribution in [0.25, 0.3) is 10.9 Å². The molecule has 2 aromatic carbocycles. The predicted octanol–water partition coefficient (Wildman–Crippen LogP) is 3.12. The van der Waals surface area contributed by atoms with Gasteiger partial charge in [0.1, 0.15) is 0 Å². The molecular formula is C15H13N3O. The van der Waals surface area contributed by atoms with Gasteiger partial charge in [-0.15, -0.1) is 0 Å². The number of aromatic nitrogens is 2. The normalized spacial score (nSPS) is 10.6. The fourth-order valence-corrected chi connectivity index (χ4v) is 2.03. The molecule has 0 aliphatic heterocycles. The molecule has 0 aliphatic rings. The number of aryl methyl sites for hydroxylation is 1. The molecule has 4 nitrogen and oxygen atoms in total. The molecule has 0 fully saturated rings. The molecular weight excluding hydrogens is 238 g/mol. The van der Waals surface area contributed by atoms with Crippen molar-refractivity contribution in [2.24, 2.45) is 0 Å². The van der Waals surface area contributed by atoms with Gasteiger partial charge in [-0.3, -0.25) is 9.89 Å². The van der Waals surface area contributed by atoms with E-state index in [2.05, 4.69) is 15.5 Å². The van der Waals surface area contributed by atoms with Crippen LogP contribution >= 0.6 is 0 Å². The molecule has 1 amide bonds. The fourth-order valence-electron chi connectivity index (χ4n) is 2.03. The molecule has 1 aromatic heterocycles. The van der Waals surface area contributed by atoms with Crippen LogP contribution in [0.1, 0.15) is 16.1 Å². The van der Waals surface area contributed by atoms with Gasteiger partial charge in [-0.05, 0) is 24.6 Å². The van der Waals surface area contributed by atoms with E-state index in [-0.39, 0.29) is 5.91 Å². The zero-order valence-corrected chi connectivity index (χ0v) is 10.5. The van der Waals surface area contributed by atoms with E-state index in [0.29, 0.717) is 5.69 Å². The molecule has 4 heteroatoms. The van der Waals surface area contributed by atoms with Gasteiger partial charge in [0.25, 0.3) is 5.91 Å². The Morgan fingerprint density at radius 1 is 1.11 bits per heavy atom. The number of anilines is 1. The van der Waals surface area contributed by atoms with Gasteiger partial charge in [0, 0.05) is 11.1 Å². The maximum Gasteiger partial charge on any atom is 0.276 e. The summed E-state index contributed by atoms with van der Waals surface area (Å²) in [4.78, 5) is 12.2. The van der Waals surface area contributed by atoms with E-state index in [4.69, 9.17) is 0 Å². The number of hydrogen-bond acceptors (Lipinski definition) is 2. The Labute approximate surface area is 110 Å². The minimum Gasteiger partial charge on any atom is -0.320 e. The van der Waals surface area contributed by atoms with Crippen LogP contribution < -0.4 is 5.32 Å². The third-order valence-electron chi connectivity index (χ3n) is 3.08. The highest BCUT2D eigenvalue weighted by molar-refractivity contribution is 6.11. The highest BCUT2D eigenvalue weighted by Gasteiger charge is 2.14. The lowest BCUT2D eigenvalue weighted by Crippen LogP contribution is -2.13. The molecule has 0 spiro atoms. The first kappa shape index (κ1) is 11.5. The van der Waals surface area contributed by atoms with E-state index >= 15 is 0 Å². The SMILES string of the molecule is Cc1ccccc1NC(=O)c1n[nH]c2ccccc12. The number of amides is 1. The van der Waals surface area contributed by atoms with Crippen LogP contribution in [0.5, 0.6) is 0 Å². The molecule has 0 radical (unpaired) electrons. The lowest BCUT2D eigenvalue weighted by atomic mass is 10.1. The van der Waals surface area contributed by atoms with Gasteiger partial charge in [-0.2, -0.15) is 5.10 Å². The molecule has 0 saturated heterocycles. The second-order valence-electron chi connectivity index (χ2n) is 4.39. The summed E-state index contributed by atoms with van der Waals surface area (Å²) >= 11 is 0. The quantitative estimate of drug-likeness (QED) is 0.735. The fraction of sp³-hybridized carbons (Fsp3) is 0.0667. The monoisotopic (exact) mass is 251 g/mol. The van der Waals surface area contributed by atoms with Crippen molar-refractivity contribution in [3.63, 3.8) is 0 Å². The summed E-state index contributed by atoms with van der Waals surface area (Å²) < 4.78 is 0. The van der Waals surface area contributed by atoms with Crippen LogP contribution in [0, 0.1) is 6.92 Å². The average molecular weight is 251 g/mol. The van der Waals surface area contributed by atoms with E-state index in [0.717, 1.165) is 22.2 Å². The number of aromatic amines is 1. The number of nitrogens with one attached hydrogen (secondary N) is 2. The lowest BCUT2D eigenvalue weighted by molar-refractivity contribution is 0.102. The Kier molecular flexibility index (Phi) is 2.76. The predicted molar refractivity (Wildman–Crippen MR) is 75.2 cm³/mol. The molecule has 0 saturated carbocycles. The van der Waals surface area contributed by atoms with Crippen LogP contribution in [0.4, 0.5) is 5.69 Å². The molecule has 2 N–H and O–H groups in total. The van der Waals surface area contributed by atoms with Crippen LogP contribution in [0.2, 0.25) is 0 Å². The Hall–Kier alpha value is -2.62. The number of hydrogen-bond donors (Lipinski definition) is 2. The van der Waals surface area contributed by atoms with Crippen LogP contribution in [0.15, 0.2) is 48.5 Å². The molecule has 0 bridgehead atoms.